The van der Waals surface area contributed by atoms with Gasteiger partial charge in [-0.1, -0.05) is 23.8 Å². The number of nitrogens with one attached hydrogen (secondary N) is 1. The molecule has 0 spiro atoms. The third kappa shape index (κ3) is 2.10. The quantitative estimate of drug-likeness (QED) is 0.688. The van der Waals surface area contributed by atoms with Crippen LogP contribution in [0.25, 0.3) is 0 Å². The maximum atomic E-state index is 3.39. The van der Waals surface area contributed by atoms with Gasteiger partial charge in [0.2, 0.25) is 0 Å². The SMILES string of the molecule is Cc1cc[c]c(C2CCNCC2)c1. The molecule has 1 aliphatic rings. The fraction of sp³-hybridized carbons (Fsp3) is 0.500. The van der Waals surface area contributed by atoms with Crippen molar-refractivity contribution in [3.05, 3.63) is 35.4 Å². The van der Waals surface area contributed by atoms with Gasteiger partial charge < -0.3 is 5.32 Å². The Morgan fingerprint density at radius 2 is 2.15 bits per heavy atom. The minimum atomic E-state index is 0.737. The Morgan fingerprint density at radius 3 is 2.85 bits per heavy atom. The van der Waals surface area contributed by atoms with E-state index in [0.29, 0.717) is 0 Å². The van der Waals surface area contributed by atoms with Crippen molar-refractivity contribution in [1.29, 1.82) is 0 Å². The molecule has 13 heavy (non-hydrogen) atoms. The van der Waals surface area contributed by atoms with E-state index >= 15 is 0 Å². The number of rotatable bonds is 1. The molecule has 0 amide bonds. The first kappa shape index (κ1) is 8.76. The molecular formula is C12H16N. The molecule has 1 heterocycles. The molecule has 1 nitrogen and oxygen atoms in total. The van der Waals surface area contributed by atoms with Gasteiger partial charge >= 0.3 is 0 Å². The second-order valence-corrected chi connectivity index (χ2v) is 3.85. The van der Waals surface area contributed by atoms with E-state index < -0.39 is 0 Å². The molecule has 1 heteroatoms. The van der Waals surface area contributed by atoms with Gasteiger partial charge in [-0.15, -0.1) is 0 Å². The van der Waals surface area contributed by atoms with E-state index in [1.165, 1.54) is 24.0 Å². The van der Waals surface area contributed by atoms with Crippen molar-refractivity contribution in [2.45, 2.75) is 25.7 Å². The highest BCUT2D eigenvalue weighted by Crippen LogP contribution is 2.24. The number of aryl methyl sites for hydroxylation is 1. The van der Waals surface area contributed by atoms with Gasteiger partial charge in [0.15, 0.2) is 0 Å². The standard InChI is InChI=1S/C12H16N/c1-10-3-2-4-12(9-10)11-5-7-13-8-6-11/h2-3,9,11,13H,5-8H2,1H3. The second-order valence-electron chi connectivity index (χ2n) is 3.85. The van der Waals surface area contributed by atoms with E-state index in [4.69, 9.17) is 0 Å². The fourth-order valence-electron chi connectivity index (χ4n) is 1.97. The molecule has 2 rings (SSSR count). The first-order valence-electron chi connectivity index (χ1n) is 5.05. The molecule has 0 aliphatic carbocycles. The normalized spacial score (nSPS) is 18.8. The Bertz CT molecular complexity index is 274. The van der Waals surface area contributed by atoms with Crippen LogP contribution in [-0.2, 0) is 0 Å². The zero-order chi connectivity index (χ0) is 9.10. The van der Waals surface area contributed by atoms with Gasteiger partial charge in [-0.25, -0.2) is 0 Å². The molecule has 1 aromatic carbocycles. The molecule has 0 bridgehead atoms. The predicted octanol–water partition coefficient (Wildman–Crippen LogP) is 2.26. The van der Waals surface area contributed by atoms with E-state index in [0.717, 1.165) is 19.0 Å². The van der Waals surface area contributed by atoms with Crippen molar-refractivity contribution in [2.24, 2.45) is 0 Å². The Labute approximate surface area is 80.2 Å². The summed E-state index contributed by atoms with van der Waals surface area (Å²) in [5.74, 6) is 0.737. The number of piperidine rings is 1. The van der Waals surface area contributed by atoms with Gasteiger partial charge in [-0.2, -0.15) is 0 Å². The van der Waals surface area contributed by atoms with Crippen molar-refractivity contribution in [2.75, 3.05) is 13.1 Å². The van der Waals surface area contributed by atoms with Crippen LogP contribution in [0.3, 0.4) is 0 Å². The Hall–Kier alpha value is -0.820. The fourth-order valence-corrected chi connectivity index (χ4v) is 1.97. The maximum Gasteiger partial charge on any atom is -0.00431 e. The highest BCUT2D eigenvalue weighted by Gasteiger charge is 2.14. The van der Waals surface area contributed by atoms with Crippen LogP contribution >= 0.6 is 0 Å². The number of hydrogen-bond acceptors (Lipinski definition) is 1. The Balaban J connectivity index is 2.14. The summed E-state index contributed by atoms with van der Waals surface area (Å²) in [6.07, 6.45) is 2.53. The summed E-state index contributed by atoms with van der Waals surface area (Å²) >= 11 is 0. The summed E-state index contributed by atoms with van der Waals surface area (Å²) in [7, 11) is 0. The van der Waals surface area contributed by atoms with Gasteiger partial charge in [-0.3, -0.25) is 0 Å². The first-order chi connectivity index (χ1) is 6.36. The summed E-state index contributed by atoms with van der Waals surface area (Å²) in [4.78, 5) is 0. The minimum absolute atomic E-state index is 0.737. The van der Waals surface area contributed by atoms with Crippen LogP contribution < -0.4 is 5.32 Å². The second kappa shape index (κ2) is 3.93. The van der Waals surface area contributed by atoms with Crippen LogP contribution in [0.4, 0.5) is 0 Å². The third-order valence-corrected chi connectivity index (χ3v) is 2.76. The molecule has 0 aromatic heterocycles. The molecule has 0 unspecified atom stereocenters. The summed E-state index contributed by atoms with van der Waals surface area (Å²) in [6, 6.07) is 9.79. The van der Waals surface area contributed by atoms with Crippen LogP contribution in [0.2, 0.25) is 0 Å². The minimum Gasteiger partial charge on any atom is -0.317 e. The van der Waals surface area contributed by atoms with E-state index in [1.807, 2.05) is 6.07 Å². The van der Waals surface area contributed by atoms with Crippen LogP contribution in [0.15, 0.2) is 18.2 Å². The zero-order valence-corrected chi connectivity index (χ0v) is 8.14. The highest BCUT2D eigenvalue weighted by molar-refractivity contribution is 5.24. The smallest absolute Gasteiger partial charge is 0.00431 e. The number of hydrogen-bond donors (Lipinski definition) is 1. The lowest BCUT2D eigenvalue weighted by Crippen LogP contribution is -2.26. The summed E-state index contributed by atoms with van der Waals surface area (Å²) in [5, 5.41) is 3.39. The van der Waals surface area contributed by atoms with Crippen molar-refractivity contribution in [3.8, 4) is 0 Å². The molecule has 0 atom stereocenters. The molecule has 0 saturated carbocycles. The van der Waals surface area contributed by atoms with E-state index in [-0.39, 0.29) is 0 Å². The van der Waals surface area contributed by atoms with Crippen LogP contribution in [-0.4, -0.2) is 13.1 Å². The van der Waals surface area contributed by atoms with E-state index in [1.54, 1.807) is 0 Å². The summed E-state index contributed by atoms with van der Waals surface area (Å²) in [6.45, 7) is 4.47. The summed E-state index contributed by atoms with van der Waals surface area (Å²) < 4.78 is 0. The van der Waals surface area contributed by atoms with Gasteiger partial charge in [0.1, 0.15) is 0 Å². The average Bonchev–Trinajstić information content (AvgIpc) is 2.19. The predicted molar refractivity (Wildman–Crippen MR) is 54.9 cm³/mol. The lowest BCUT2D eigenvalue weighted by Gasteiger charge is -2.22. The Morgan fingerprint density at radius 1 is 1.38 bits per heavy atom. The van der Waals surface area contributed by atoms with Gasteiger partial charge in [-0.05, 0) is 50.4 Å². The molecule has 69 valence electrons. The van der Waals surface area contributed by atoms with Crippen molar-refractivity contribution in [1.82, 2.24) is 5.32 Å². The molecule has 1 fully saturated rings. The first-order valence-corrected chi connectivity index (χ1v) is 5.05. The highest BCUT2D eigenvalue weighted by atomic mass is 14.9. The lowest BCUT2D eigenvalue weighted by atomic mass is 9.89. The van der Waals surface area contributed by atoms with Crippen LogP contribution in [0.1, 0.15) is 29.9 Å². The van der Waals surface area contributed by atoms with Crippen LogP contribution in [0.5, 0.6) is 0 Å². The molecular weight excluding hydrogens is 158 g/mol. The van der Waals surface area contributed by atoms with Gasteiger partial charge in [0.05, 0.1) is 0 Å². The molecule has 1 N–H and O–H groups in total. The molecule has 1 aliphatic heterocycles. The Kier molecular flexibility index (Phi) is 2.65. The number of benzene rings is 1. The third-order valence-electron chi connectivity index (χ3n) is 2.76. The largest absolute Gasteiger partial charge is 0.317 e. The van der Waals surface area contributed by atoms with Crippen molar-refractivity contribution >= 4 is 0 Å². The lowest BCUT2D eigenvalue weighted by molar-refractivity contribution is 0.460. The van der Waals surface area contributed by atoms with E-state index in [2.05, 4.69) is 30.4 Å². The van der Waals surface area contributed by atoms with Gasteiger partial charge in [0.25, 0.3) is 0 Å². The van der Waals surface area contributed by atoms with Gasteiger partial charge in [0, 0.05) is 0 Å². The van der Waals surface area contributed by atoms with E-state index in [9.17, 15) is 0 Å². The van der Waals surface area contributed by atoms with Crippen LogP contribution in [0, 0.1) is 13.0 Å². The monoisotopic (exact) mass is 174 g/mol. The van der Waals surface area contributed by atoms with Crippen molar-refractivity contribution in [3.63, 3.8) is 0 Å². The molecule has 1 aromatic rings. The maximum absolute atomic E-state index is 3.39. The molecule has 1 saturated heterocycles. The van der Waals surface area contributed by atoms with Crippen molar-refractivity contribution < 1.29 is 0 Å². The topological polar surface area (TPSA) is 12.0 Å². The zero-order valence-electron chi connectivity index (χ0n) is 8.14. The summed E-state index contributed by atoms with van der Waals surface area (Å²) in [5.41, 5.74) is 2.76. The average molecular weight is 174 g/mol. The molecule has 1 radical (unpaired) electrons.